The summed E-state index contributed by atoms with van der Waals surface area (Å²) in [5.41, 5.74) is 24.0. The molecule has 17 aromatic carbocycles. The zero-order chi connectivity index (χ0) is 103. The van der Waals surface area contributed by atoms with E-state index >= 15 is 0 Å². The third-order valence-electron chi connectivity index (χ3n) is 30.2. The monoisotopic (exact) mass is 2000 g/mol. The van der Waals surface area contributed by atoms with Crippen LogP contribution in [0, 0.1) is 13.8 Å². The maximum Gasteiger partial charge on any atom is 0.498 e. The van der Waals surface area contributed by atoms with E-state index in [0.29, 0.717) is 34.1 Å². The number of para-hydroxylation sites is 10. The van der Waals surface area contributed by atoms with Crippen LogP contribution >= 0.6 is 23.2 Å². The van der Waals surface area contributed by atoms with Gasteiger partial charge in [0.2, 0.25) is 5.28 Å². The van der Waals surface area contributed by atoms with Gasteiger partial charge in [0.25, 0.3) is 0 Å². The van der Waals surface area contributed by atoms with Crippen molar-refractivity contribution >= 4 is 159 Å². The summed E-state index contributed by atoms with van der Waals surface area (Å²) in [6.45, 7) is 28.8. The van der Waals surface area contributed by atoms with Crippen LogP contribution in [0.25, 0.3) is 211 Å². The van der Waals surface area contributed by atoms with Gasteiger partial charge in [-0.15, -0.1) is 0 Å². The minimum absolute atomic E-state index is 0.179. The smallest absolute Gasteiger partial charge is 0.456 e. The lowest BCUT2D eigenvalue weighted by molar-refractivity contribution is 0.00578. The van der Waals surface area contributed by atoms with E-state index in [0.717, 1.165) is 166 Å². The summed E-state index contributed by atoms with van der Waals surface area (Å²) in [5.74, 6) is 2.88. The van der Waals surface area contributed by atoms with Gasteiger partial charge >= 0.3 is 21.1 Å². The lowest BCUT2D eigenvalue weighted by Gasteiger charge is -2.32. The lowest BCUT2D eigenvalue weighted by Crippen LogP contribution is -2.41. The summed E-state index contributed by atoms with van der Waals surface area (Å²) in [6, 6.07) is 135. The second kappa shape index (κ2) is 39.1. The van der Waals surface area contributed by atoms with Crippen molar-refractivity contribution in [1.82, 2.24) is 39.0 Å². The molecular weight excluding hydrogens is 1900 g/mol. The van der Waals surface area contributed by atoms with E-state index in [9.17, 15) is 0 Å². The third kappa shape index (κ3) is 18.1. The lowest BCUT2D eigenvalue weighted by atomic mass is 9.49. The van der Waals surface area contributed by atoms with Gasteiger partial charge in [-0.2, -0.15) is 9.97 Å². The second-order valence-electron chi connectivity index (χ2n) is 41.3. The average Bonchev–Trinajstić information content (AvgIpc) is 1.60. The summed E-state index contributed by atoms with van der Waals surface area (Å²) < 4.78 is 60.4. The molecule has 0 spiro atoms. The standard InChI is InChI=1S/C46H30N4O.C28H19ClN4.C24H23BO3.C18H11ClO.C12H24B2O4/c1-29-14-8-10-24-39(29)50-40-25-11-9-19-34(40)35-27-26-32(28-41(35)50)45-47-44(31-17-6-3-7-18-31)48-46(49-45)38-23-13-22-37-36-21-12-20-33(42(36)51-43(37)38)30-15-4-2-5-16-30;1-18-9-5-7-13-23(18)33-24-14-8-6-12-21(24)22-16-15-20(17-25(22)33)27-30-26(31-28(29)32-27)19-10-3-2-4-11-19;1-23(2)24(3,4)28-25(27-23)20-15-9-14-19-18-13-8-12-17(21(18)26-22(19)20)16-10-6-5-7-11-16;19-16-11-5-10-15-14-9-4-8-13(17(14)20-18(15)16)12-6-2-1-3-7-12;1-9(2)10(3,4)16-13(15-9)14-17-11(5,6)12(7,8)18-14/h2-28H,1H3;2-17H,1H3;5-15H,1-4H3;1-11H;1-8H3. The molecule has 0 radical (unpaired) electrons. The van der Waals surface area contributed by atoms with Crippen LogP contribution in [0.1, 0.15) is 94.2 Å². The molecule has 10 heterocycles. The number of nitrogens with zero attached hydrogens (tertiary/aromatic N) is 8. The van der Waals surface area contributed by atoms with Crippen LogP contribution in [0.3, 0.4) is 0 Å². The predicted molar refractivity (Wildman–Crippen MR) is 614 cm³/mol. The van der Waals surface area contributed by atoms with Crippen LogP contribution in [0.15, 0.2) is 408 Å². The minimum Gasteiger partial charge on any atom is -0.456 e. The molecular formula is C128H107B3Cl2N8O9. The van der Waals surface area contributed by atoms with Crippen LogP contribution in [-0.2, 0) is 27.9 Å². The first-order valence-electron chi connectivity index (χ1n) is 50.7. The molecule has 0 bridgehead atoms. The van der Waals surface area contributed by atoms with Gasteiger partial charge in [-0.05, 0) is 185 Å². The molecule has 0 aliphatic carbocycles. The van der Waals surface area contributed by atoms with Gasteiger partial charge in [0.05, 0.1) is 66.3 Å². The number of fused-ring (bicyclic) bond motifs is 15. The van der Waals surface area contributed by atoms with Gasteiger partial charge in [0, 0.05) is 110 Å². The normalized spacial score (nSPS) is 15.2. The Labute approximate surface area is 881 Å². The Morgan fingerprint density at radius 1 is 0.220 bits per heavy atom. The molecule has 7 aromatic heterocycles. The number of aromatic nitrogens is 8. The van der Waals surface area contributed by atoms with Crippen molar-refractivity contribution in [2.45, 2.75) is 131 Å². The number of hydrogen-bond donors (Lipinski definition) is 0. The number of benzene rings is 17. The Balaban J connectivity index is 0.000000109. The first kappa shape index (κ1) is 97.7. The van der Waals surface area contributed by atoms with E-state index in [1.54, 1.807) is 0 Å². The van der Waals surface area contributed by atoms with Gasteiger partial charge in [-0.1, -0.05) is 357 Å². The first-order chi connectivity index (χ1) is 72.5. The molecule has 22 heteroatoms. The van der Waals surface area contributed by atoms with E-state index in [4.69, 9.17) is 84.3 Å². The molecule has 27 rings (SSSR count). The molecule has 17 nitrogen and oxygen atoms in total. The largest absolute Gasteiger partial charge is 0.498 e. The van der Waals surface area contributed by atoms with Crippen molar-refractivity contribution in [1.29, 1.82) is 0 Å². The molecule has 24 aromatic rings. The van der Waals surface area contributed by atoms with Crippen molar-refractivity contribution in [2.75, 3.05) is 0 Å². The fourth-order valence-electron chi connectivity index (χ4n) is 20.2. The zero-order valence-corrected chi connectivity index (χ0v) is 87.3. The quantitative estimate of drug-likeness (QED) is 0.105. The Morgan fingerprint density at radius 2 is 0.500 bits per heavy atom. The molecule has 3 fully saturated rings. The highest BCUT2D eigenvalue weighted by molar-refractivity contribution is 7.11. The van der Waals surface area contributed by atoms with Crippen molar-refractivity contribution in [2.24, 2.45) is 0 Å². The van der Waals surface area contributed by atoms with Gasteiger partial charge in [-0.3, -0.25) is 0 Å². The summed E-state index contributed by atoms with van der Waals surface area (Å²) in [5, 5.41) is 12.0. The van der Waals surface area contributed by atoms with Crippen molar-refractivity contribution < 1.29 is 41.2 Å². The van der Waals surface area contributed by atoms with Gasteiger partial charge in [0.15, 0.2) is 34.7 Å². The topological polar surface area (TPSA) is 182 Å². The molecule has 736 valence electrons. The molecule has 3 aliphatic heterocycles. The molecule has 0 atom stereocenters. The first-order valence-corrected chi connectivity index (χ1v) is 51.4. The Morgan fingerprint density at radius 3 is 0.907 bits per heavy atom. The van der Waals surface area contributed by atoms with Crippen LogP contribution < -0.4 is 5.46 Å². The van der Waals surface area contributed by atoms with Gasteiger partial charge in [0.1, 0.15) is 27.9 Å². The van der Waals surface area contributed by atoms with Crippen molar-refractivity contribution in [3.05, 3.63) is 416 Å². The van der Waals surface area contributed by atoms with Crippen LogP contribution in [0.5, 0.6) is 0 Å². The summed E-state index contributed by atoms with van der Waals surface area (Å²) in [6.07, 6.45) is 0. The van der Waals surface area contributed by atoms with Gasteiger partial charge < -0.3 is 50.3 Å². The molecule has 0 unspecified atom stereocenters. The molecule has 0 amide bonds. The van der Waals surface area contributed by atoms with E-state index in [2.05, 4.69) is 315 Å². The Hall–Kier alpha value is -15.7. The van der Waals surface area contributed by atoms with Crippen LogP contribution in [0.2, 0.25) is 10.3 Å². The predicted octanol–water partition coefficient (Wildman–Crippen LogP) is 32.8. The zero-order valence-electron chi connectivity index (χ0n) is 85.8. The highest BCUT2D eigenvalue weighted by atomic mass is 35.5. The third-order valence-corrected chi connectivity index (χ3v) is 30.7. The number of rotatable bonds is 12. The highest BCUT2D eigenvalue weighted by Crippen LogP contribution is 2.49. The molecule has 3 aliphatic rings. The molecule has 0 saturated carbocycles. The van der Waals surface area contributed by atoms with E-state index in [1.807, 2.05) is 195 Å². The van der Waals surface area contributed by atoms with Crippen LogP contribution in [0.4, 0.5) is 0 Å². The maximum atomic E-state index is 6.78. The Bertz CT molecular complexity index is 9200. The van der Waals surface area contributed by atoms with Gasteiger partial charge in [-0.25, -0.2) is 19.9 Å². The second-order valence-corrected chi connectivity index (χ2v) is 42.1. The van der Waals surface area contributed by atoms with E-state index in [1.165, 1.54) is 32.7 Å². The van der Waals surface area contributed by atoms with Crippen molar-refractivity contribution in [3.63, 3.8) is 0 Å². The molecule has 150 heavy (non-hydrogen) atoms. The van der Waals surface area contributed by atoms with Crippen LogP contribution in [-0.4, -0.2) is 93.8 Å². The van der Waals surface area contributed by atoms with E-state index in [-0.39, 0.29) is 38.9 Å². The van der Waals surface area contributed by atoms with E-state index < -0.39 is 21.1 Å². The Kier molecular flexibility index (Phi) is 25.5. The maximum absolute atomic E-state index is 6.78. The fraction of sp³-hybridized carbons (Fsp3) is 0.156. The SMILES string of the molecule is CC1(C)OB(B2OC(C)(C)C(C)(C)O2)OC1(C)C.CC1(C)OB(c2cccc3c2oc2c(-c4ccccc4)cccc23)OC1(C)C.Cc1ccccc1-n1c2ccccc2c2ccc(-c3nc(-c4ccccc4)nc(-c4cccc5c4oc4c(-c6ccccc6)cccc45)n3)cc21.Cc1ccccc1-n1c2ccccc2c2ccc(-c3nc(Cl)nc(-c4ccccc4)n3)cc21.Clc1cccc2c1oc1c(-c3ccccc3)cccc12. The molecule has 3 saturated heterocycles. The summed E-state index contributed by atoms with van der Waals surface area (Å²) in [4.78, 5) is 28.9. The molecule has 0 N–H and O–H groups in total. The minimum atomic E-state index is -0.476. The summed E-state index contributed by atoms with van der Waals surface area (Å²) >= 11 is 12.5. The average molecular weight is 2000 g/mol. The number of furan rings is 3. The van der Waals surface area contributed by atoms with Crippen molar-refractivity contribution in [3.8, 4) is 102 Å². The number of halogens is 2. The summed E-state index contributed by atoms with van der Waals surface area (Å²) in [7, 11) is -1.40. The number of aryl methyl sites for hydroxylation is 2. The fourth-order valence-corrected chi connectivity index (χ4v) is 20.6. The number of hydrogen-bond acceptors (Lipinski definition) is 15. The highest BCUT2D eigenvalue weighted by Gasteiger charge is 2.64.